The first-order chi connectivity index (χ1) is 10.2. The van der Waals surface area contributed by atoms with Gasteiger partial charge in [0.1, 0.15) is 0 Å². The van der Waals surface area contributed by atoms with E-state index in [4.69, 9.17) is 5.73 Å². The molecule has 0 aromatic heterocycles. The number of carbonyl (C=O) groups is 1. The van der Waals surface area contributed by atoms with E-state index in [0.717, 1.165) is 23.2 Å². The Hall–Kier alpha value is -2.29. The molecule has 2 aromatic rings. The van der Waals surface area contributed by atoms with Gasteiger partial charge in [0.2, 0.25) is 5.91 Å². The number of hydrogen-bond acceptors (Lipinski definition) is 2. The van der Waals surface area contributed by atoms with Crippen LogP contribution in [-0.2, 0) is 24.2 Å². The van der Waals surface area contributed by atoms with Gasteiger partial charge in [0.25, 0.3) is 0 Å². The molecular weight excluding hydrogens is 260 g/mol. The largest absolute Gasteiger partial charge is 0.399 e. The van der Waals surface area contributed by atoms with Crippen LogP contribution in [0.1, 0.15) is 30.0 Å². The number of carbonyl (C=O) groups excluding carboxylic acids is 1. The summed E-state index contributed by atoms with van der Waals surface area (Å²) in [6.45, 7) is 2.71. The van der Waals surface area contributed by atoms with Crippen LogP contribution in [0.3, 0.4) is 0 Å². The Morgan fingerprint density at radius 2 is 1.71 bits per heavy atom. The van der Waals surface area contributed by atoms with Crippen molar-refractivity contribution in [1.29, 1.82) is 0 Å². The molecule has 21 heavy (non-hydrogen) atoms. The summed E-state index contributed by atoms with van der Waals surface area (Å²) in [7, 11) is 0. The molecule has 0 unspecified atom stereocenters. The van der Waals surface area contributed by atoms with Gasteiger partial charge in [-0.1, -0.05) is 49.4 Å². The molecule has 0 aliphatic heterocycles. The lowest BCUT2D eigenvalue weighted by Crippen LogP contribution is -2.23. The molecule has 0 heterocycles. The maximum atomic E-state index is 11.9. The van der Waals surface area contributed by atoms with Gasteiger partial charge in [-0.15, -0.1) is 0 Å². The quantitative estimate of drug-likeness (QED) is 0.800. The van der Waals surface area contributed by atoms with Gasteiger partial charge in [0.05, 0.1) is 0 Å². The Balaban J connectivity index is 1.78. The molecule has 2 aromatic carbocycles. The van der Waals surface area contributed by atoms with Gasteiger partial charge in [-0.2, -0.15) is 0 Å². The van der Waals surface area contributed by atoms with E-state index in [1.54, 1.807) is 0 Å². The van der Waals surface area contributed by atoms with E-state index in [-0.39, 0.29) is 5.91 Å². The van der Waals surface area contributed by atoms with Gasteiger partial charge in [-0.3, -0.25) is 4.79 Å². The highest BCUT2D eigenvalue weighted by Gasteiger charge is 2.04. The fourth-order valence-corrected chi connectivity index (χ4v) is 2.19. The molecule has 2 rings (SSSR count). The van der Waals surface area contributed by atoms with E-state index in [1.165, 1.54) is 5.56 Å². The fraction of sp³-hybridized carbons (Fsp3) is 0.278. The number of hydrogen-bond donors (Lipinski definition) is 2. The first-order valence-electron chi connectivity index (χ1n) is 7.37. The van der Waals surface area contributed by atoms with E-state index >= 15 is 0 Å². The summed E-state index contributed by atoms with van der Waals surface area (Å²) < 4.78 is 0. The monoisotopic (exact) mass is 282 g/mol. The van der Waals surface area contributed by atoms with Crippen molar-refractivity contribution in [3.8, 4) is 0 Å². The van der Waals surface area contributed by atoms with Gasteiger partial charge >= 0.3 is 0 Å². The lowest BCUT2D eigenvalue weighted by molar-refractivity contribution is -0.121. The minimum atomic E-state index is 0.0535. The SMILES string of the molecule is CCc1ccc(CNC(=O)CCc2ccccc2N)cc1. The molecule has 0 saturated heterocycles. The molecular formula is C18H22N2O. The molecule has 0 spiro atoms. The molecule has 3 N–H and O–H groups in total. The molecule has 0 aliphatic carbocycles. The summed E-state index contributed by atoms with van der Waals surface area (Å²) in [5.74, 6) is 0.0535. The highest BCUT2D eigenvalue weighted by atomic mass is 16.1. The first-order valence-corrected chi connectivity index (χ1v) is 7.37. The van der Waals surface area contributed by atoms with Crippen molar-refractivity contribution in [2.45, 2.75) is 32.7 Å². The fourth-order valence-electron chi connectivity index (χ4n) is 2.19. The lowest BCUT2D eigenvalue weighted by Gasteiger charge is -2.07. The molecule has 0 radical (unpaired) electrons. The van der Waals surface area contributed by atoms with Gasteiger partial charge in [0.15, 0.2) is 0 Å². The Morgan fingerprint density at radius 3 is 2.38 bits per heavy atom. The third-order valence-corrected chi connectivity index (χ3v) is 3.60. The van der Waals surface area contributed by atoms with E-state index in [0.29, 0.717) is 19.4 Å². The number of amides is 1. The second-order valence-electron chi connectivity index (χ2n) is 5.15. The van der Waals surface area contributed by atoms with Crippen molar-refractivity contribution in [3.63, 3.8) is 0 Å². The lowest BCUT2D eigenvalue weighted by atomic mass is 10.1. The van der Waals surface area contributed by atoms with Crippen molar-refractivity contribution >= 4 is 11.6 Å². The molecule has 3 heteroatoms. The standard InChI is InChI=1S/C18H22N2O/c1-2-14-7-9-15(10-8-14)13-20-18(21)12-11-16-5-3-4-6-17(16)19/h3-10H,2,11-13,19H2,1H3,(H,20,21). The van der Waals surface area contributed by atoms with Crippen LogP contribution < -0.4 is 11.1 Å². The summed E-state index contributed by atoms with van der Waals surface area (Å²) in [5.41, 5.74) is 10.1. The zero-order valence-electron chi connectivity index (χ0n) is 12.4. The van der Waals surface area contributed by atoms with Crippen molar-refractivity contribution in [1.82, 2.24) is 5.32 Å². The van der Waals surface area contributed by atoms with Crippen LogP contribution in [0.2, 0.25) is 0 Å². The average molecular weight is 282 g/mol. The molecule has 0 fully saturated rings. The first kappa shape index (κ1) is 15.1. The molecule has 1 amide bonds. The van der Waals surface area contributed by atoms with Crippen molar-refractivity contribution in [2.24, 2.45) is 0 Å². The van der Waals surface area contributed by atoms with Crippen LogP contribution in [0, 0.1) is 0 Å². The predicted molar refractivity (Wildman–Crippen MR) is 86.8 cm³/mol. The van der Waals surface area contributed by atoms with Gasteiger partial charge in [0, 0.05) is 18.7 Å². The van der Waals surface area contributed by atoms with Crippen LogP contribution in [-0.4, -0.2) is 5.91 Å². The van der Waals surface area contributed by atoms with Gasteiger partial charge < -0.3 is 11.1 Å². The zero-order chi connectivity index (χ0) is 15.1. The number of aryl methyl sites for hydroxylation is 2. The normalized spacial score (nSPS) is 10.3. The number of para-hydroxylation sites is 1. The molecule has 3 nitrogen and oxygen atoms in total. The molecule has 0 atom stereocenters. The maximum Gasteiger partial charge on any atom is 0.220 e. The molecule has 0 aliphatic rings. The highest BCUT2D eigenvalue weighted by Crippen LogP contribution is 2.12. The van der Waals surface area contributed by atoms with Crippen LogP contribution in [0.15, 0.2) is 48.5 Å². The Kier molecular flexibility index (Phi) is 5.38. The minimum Gasteiger partial charge on any atom is -0.399 e. The number of nitrogens with one attached hydrogen (secondary N) is 1. The number of nitrogens with two attached hydrogens (primary N) is 1. The number of anilines is 1. The molecule has 0 bridgehead atoms. The molecule has 0 saturated carbocycles. The summed E-state index contributed by atoms with van der Waals surface area (Å²) >= 11 is 0. The van der Waals surface area contributed by atoms with E-state index in [1.807, 2.05) is 24.3 Å². The topological polar surface area (TPSA) is 55.1 Å². The van der Waals surface area contributed by atoms with Crippen LogP contribution in [0.4, 0.5) is 5.69 Å². The smallest absolute Gasteiger partial charge is 0.220 e. The second-order valence-corrected chi connectivity index (χ2v) is 5.15. The third-order valence-electron chi connectivity index (χ3n) is 3.60. The third kappa shape index (κ3) is 4.63. The van der Waals surface area contributed by atoms with Crippen LogP contribution in [0.25, 0.3) is 0 Å². The maximum absolute atomic E-state index is 11.9. The Bertz CT molecular complexity index is 590. The van der Waals surface area contributed by atoms with Crippen molar-refractivity contribution < 1.29 is 4.79 Å². The number of benzene rings is 2. The van der Waals surface area contributed by atoms with Gasteiger partial charge in [-0.25, -0.2) is 0 Å². The van der Waals surface area contributed by atoms with Gasteiger partial charge in [-0.05, 0) is 35.6 Å². The highest BCUT2D eigenvalue weighted by molar-refractivity contribution is 5.76. The Morgan fingerprint density at radius 1 is 1.05 bits per heavy atom. The average Bonchev–Trinajstić information content (AvgIpc) is 2.52. The molecule has 110 valence electrons. The van der Waals surface area contributed by atoms with Crippen molar-refractivity contribution in [3.05, 3.63) is 65.2 Å². The summed E-state index contributed by atoms with van der Waals surface area (Å²) in [5, 5.41) is 2.95. The van der Waals surface area contributed by atoms with Crippen molar-refractivity contribution in [2.75, 3.05) is 5.73 Å². The number of rotatable bonds is 6. The Labute approximate surface area is 126 Å². The number of nitrogen functional groups attached to an aromatic ring is 1. The van der Waals surface area contributed by atoms with Crippen LogP contribution >= 0.6 is 0 Å². The second kappa shape index (κ2) is 7.48. The summed E-state index contributed by atoms with van der Waals surface area (Å²) in [6, 6.07) is 16.0. The summed E-state index contributed by atoms with van der Waals surface area (Å²) in [6.07, 6.45) is 2.17. The zero-order valence-corrected chi connectivity index (χ0v) is 12.4. The minimum absolute atomic E-state index is 0.0535. The summed E-state index contributed by atoms with van der Waals surface area (Å²) in [4.78, 5) is 11.9. The predicted octanol–water partition coefficient (Wildman–Crippen LogP) is 3.08. The van der Waals surface area contributed by atoms with Crippen LogP contribution in [0.5, 0.6) is 0 Å². The van der Waals surface area contributed by atoms with E-state index < -0.39 is 0 Å². The van der Waals surface area contributed by atoms with E-state index in [2.05, 4.69) is 36.5 Å². The van der Waals surface area contributed by atoms with E-state index in [9.17, 15) is 4.79 Å².